The number of ether oxygens (including phenoxy) is 2. The Morgan fingerprint density at radius 2 is 1.85 bits per heavy atom. The van der Waals surface area contributed by atoms with Crippen molar-refractivity contribution in [2.24, 2.45) is 17.3 Å². The fraction of sp³-hybridized carbons (Fsp3) is 0.537. The first kappa shape index (κ1) is 34.4. The number of hydrogen-bond acceptors (Lipinski definition) is 9. The zero-order valence-corrected chi connectivity index (χ0v) is 31.2. The first-order valence-corrected chi connectivity index (χ1v) is 20.6. The fourth-order valence-electron chi connectivity index (χ4n) is 9.63. The molecule has 5 atom stereocenters. The van der Waals surface area contributed by atoms with Gasteiger partial charge in [-0.15, -0.1) is 0 Å². The Balaban J connectivity index is 1.08. The molecule has 2 amide bonds. The van der Waals surface area contributed by atoms with Crippen LogP contribution in [0.3, 0.4) is 0 Å². The van der Waals surface area contributed by atoms with Crippen LogP contribution in [0.25, 0.3) is 10.9 Å². The van der Waals surface area contributed by atoms with Crippen LogP contribution in [0.4, 0.5) is 0 Å². The number of para-hydroxylation sites is 1. The van der Waals surface area contributed by atoms with E-state index in [0.717, 1.165) is 63.6 Å². The van der Waals surface area contributed by atoms with E-state index in [0.29, 0.717) is 57.2 Å². The highest BCUT2D eigenvalue weighted by Gasteiger charge is 2.83. The summed E-state index contributed by atoms with van der Waals surface area (Å²) >= 11 is 0. The molecule has 2 saturated carbocycles. The number of nitrogens with zero attached hydrogens (tertiary/aromatic N) is 4. The number of methoxy groups -OCH3 is 1. The van der Waals surface area contributed by atoms with E-state index in [4.69, 9.17) is 14.5 Å². The number of ketones is 1. The van der Waals surface area contributed by atoms with Gasteiger partial charge in [-0.2, -0.15) is 0 Å². The minimum Gasteiger partial charge on any atom is -0.483 e. The van der Waals surface area contributed by atoms with Crippen LogP contribution in [0.2, 0.25) is 0 Å². The number of rotatable bonds is 4. The molecule has 0 bridgehead atoms. The molecule has 1 aromatic carbocycles. The van der Waals surface area contributed by atoms with Crippen LogP contribution in [0.1, 0.15) is 87.6 Å². The molecule has 6 heterocycles. The Hall–Kier alpha value is -4.32. The maximum Gasteiger partial charge on any atom is 0.264 e. The number of fused-ring (bicyclic) bond motifs is 5. The van der Waals surface area contributed by atoms with Gasteiger partial charge in [0.05, 0.1) is 36.3 Å². The van der Waals surface area contributed by atoms with E-state index in [1.807, 2.05) is 43.3 Å². The van der Waals surface area contributed by atoms with E-state index in [1.54, 1.807) is 18.1 Å². The molecule has 4 aliphatic heterocycles. The van der Waals surface area contributed by atoms with Crippen LogP contribution in [0.15, 0.2) is 54.6 Å². The zero-order valence-electron chi connectivity index (χ0n) is 30.4. The molecule has 53 heavy (non-hydrogen) atoms. The summed E-state index contributed by atoms with van der Waals surface area (Å²) < 4.78 is 39.4. The molecule has 2 aromatic heterocycles. The molecule has 2 aliphatic carbocycles. The Labute approximate surface area is 310 Å². The monoisotopic (exact) mass is 738 g/mol. The molecule has 3 aromatic rings. The van der Waals surface area contributed by atoms with Gasteiger partial charge in [0.25, 0.3) is 10.0 Å². The zero-order chi connectivity index (χ0) is 36.8. The molecule has 2 spiro atoms. The molecule has 0 radical (unpaired) electrons. The summed E-state index contributed by atoms with van der Waals surface area (Å²) in [5.41, 5.74) is 1.58. The van der Waals surface area contributed by atoms with Gasteiger partial charge < -0.3 is 14.4 Å². The SMILES string of the molecule is COc1cccc(C[C@H]2CCCCC/C=C\[C@@H]3C[C@@]3(C(=O)N3C4(CC4)S3(=O)=O)CC(=O)[C@@H]3C[C@]4(CCc5c(c(C)nc6ccccc56)O4)CN3C2=O)n1. The number of aromatic nitrogens is 2. The van der Waals surface area contributed by atoms with Gasteiger partial charge in [-0.1, -0.05) is 49.3 Å². The maximum atomic E-state index is 15.0. The Kier molecular flexibility index (Phi) is 8.03. The fourth-order valence-corrected chi connectivity index (χ4v) is 11.7. The van der Waals surface area contributed by atoms with Gasteiger partial charge >= 0.3 is 0 Å². The summed E-state index contributed by atoms with van der Waals surface area (Å²) in [5, 5.41) is 1.04. The second-order valence-electron chi connectivity index (χ2n) is 16.3. The van der Waals surface area contributed by atoms with E-state index in [9.17, 15) is 22.8 Å². The number of carbonyl (C=O) groups excluding carboxylic acids is 3. The molecule has 12 heteroatoms. The van der Waals surface area contributed by atoms with Gasteiger partial charge in [-0.25, -0.2) is 22.7 Å². The van der Waals surface area contributed by atoms with Gasteiger partial charge in [-0.3, -0.25) is 14.4 Å². The quantitative estimate of drug-likeness (QED) is 0.247. The largest absolute Gasteiger partial charge is 0.483 e. The van der Waals surface area contributed by atoms with Crippen LogP contribution >= 0.6 is 0 Å². The van der Waals surface area contributed by atoms with Crippen LogP contribution in [0, 0.1) is 24.2 Å². The predicted molar refractivity (Wildman–Crippen MR) is 196 cm³/mol. The standard InChI is InChI=1S/C41H46N4O7S/c1-26-36-31(30-14-8-9-15-32(30)42-26)17-18-39(52-36)23-33-34(46)24-40(38(48)45-41(19-20-41)53(45,49)50)22-28(40)12-7-5-3-4-6-11-27(37(47)44(33)25-39)21-29-13-10-16-35(43-29)51-2/h7-10,12-16,27-28,33H,3-6,11,17-25H2,1-2H3/b12-7-/t27-,28-,33+,39-,40-,45?/m1/s1. The van der Waals surface area contributed by atoms with Crippen LogP contribution in [-0.2, 0) is 37.2 Å². The molecular weight excluding hydrogens is 693 g/mol. The lowest BCUT2D eigenvalue weighted by molar-refractivity contribution is -0.142. The van der Waals surface area contributed by atoms with Crippen LogP contribution < -0.4 is 9.47 Å². The number of benzene rings is 1. The average Bonchev–Trinajstić information content (AvgIpc) is 4.10. The molecule has 4 fully saturated rings. The number of amides is 2. The van der Waals surface area contributed by atoms with Crippen molar-refractivity contribution in [3.8, 4) is 11.6 Å². The van der Waals surface area contributed by atoms with Crippen LogP contribution in [0.5, 0.6) is 11.6 Å². The summed E-state index contributed by atoms with van der Waals surface area (Å²) in [6.45, 7) is 2.18. The smallest absolute Gasteiger partial charge is 0.264 e. The molecule has 11 nitrogen and oxygen atoms in total. The van der Waals surface area contributed by atoms with Crippen molar-refractivity contribution in [3.63, 3.8) is 0 Å². The third kappa shape index (κ3) is 5.57. The summed E-state index contributed by atoms with van der Waals surface area (Å²) in [7, 11) is -2.09. The number of carbonyl (C=O) groups is 3. The van der Waals surface area contributed by atoms with Crippen molar-refractivity contribution in [1.29, 1.82) is 0 Å². The predicted octanol–water partition coefficient (Wildman–Crippen LogP) is 5.62. The van der Waals surface area contributed by atoms with Gasteiger partial charge in [-0.05, 0) is 76.3 Å². The minimum absolute atomic E-state index is 0.112. The summed E-state index contributed by atoms with van der Waals surface area (Å²) in [5.74, 6) is -0.222. The van der Waals surface area contributed by atoms with E-state index < -0.39 is 43.8 Å². The lowest BCUT2D eigenvalue weighted by Crippen LogP contribution is -2.47. The molecule has 2 saturated heterocycles. The summed E-state index contributed by atoms with van der Waals surface area (Å²) in [6.07, 6.45) is 11.5. The number of sulfonamides is 1. The van der Waals surface area contributed by atoms with Gasteiger partial charge in [0, 0.05) is 47.9 Å². The highest BCUT2D eigenvalue weighted by molar-refractivity contribution is 7.98. The average molecular weight is 739 g/mol. The summed E-state index contributed by atoms with van der Waals surface area (Å²) in [6, 6.07) is 12.8. The lowest BCUT2D eigenvalue weighted by Gasteiger charge is -2.36. The molecule has 278 valence electrons. The van der Waals surface area contributed by atoms with Crippen molar-refractivity contribution in [1.82, 2.24) is 19.2 Å². The number of hydrogen-bond donors (Lipinski definition) is 0. The second kappa shape index (κ2) is 12.4. The molecule has 0 N–H and O–H groups in total. The normalized spacial score (nSPS) is 31.8. The van der Waals surface area contributed by atoms with E-state index >= 15 is 0 Å². The van der Waals surface area contributed by atoms with Crippen LogP contribution in [-0.4, -0.2) is 75.4 Å². The van der Waals surface area contributed by atoms with E-state index in [-0.39, 0.29) is 30.6 Å². The van der Waals surface area contributed by atoms with Gasteiger partial charge in [0.1, 0.15) is 11.4 Å². The van der Waals surface area contributed by atoms with Crippen molar-refractivity contribution in [2.45, 2.75) is 107 Å². The minimum atomic E-state index is -3.66. The number of allylic oxidation sites excluding steroid dienone is 2. The van der Waals surface area contributed by atoms with Crippen molar-refractivity contribution >= 4 is 38.5 Å². The highest BCUT2D eigenvalue weighted by atomic mass is 32.2. The third-order valence-electron chi connectivity index (χ3n) is 12.9. The maximum absolute atomic E-state index is 15.0. The highest BCUT2D eigenvalue weighted by Crippen LogP contribution is 2.68. The van der Waals surface area contributed by atoms with E-state index in [1.165, 1.54) is 0 Å². The van der Waals surface area contributed by atoms with Gasteiger partial charge in [0.2, 0.25) is 17.7 Å². The first-order valence-electron chi connectivity index (χ1n) is 19.2. The van der Waals surface area contributed by atoms with Crippen molar-refractivity contribution in [3.05, 3.63) is 71.6 Å². The Bertz CT molecular complexity index is 2180. The summed E-state index contributed by atoms with van der Waals surface area (Å²) in [4.78, 5) is 54.2. The number of pyridine rings is 2. The van der Waals surface area contributed by atoms with Gasteiger partial charge in [0.15, 0.2) is 10.7 Å². The third-order valence-corrected chi connectivity index (χ3v) is 15.3. The second-order valence-corrected chi connectivity index (χ2v) is 18.3. The molecule has 6 aliphatic rings. The molecular formula is C41H46N4O7S. The van der Waals surface area contributed by atoms with E-state index in [2.05, 4.69) is 17.1 Å². The van der Waals surface area contributed by atoms with Crippen molar-refractivity contribution < 1.29 is 32.3 Å². The lowest BCUT2D eigenvalue weighted by atomic mass is 9.85. The topological polar surface area (TPSA) is 136 Å². The molecule has 9 rings (SSSR count). The number of aryl methyl sites for hydroxylation is 2. The number of Topliss-reactive ketones (excluding diaryl/α,β-unsaturated/α-hetero) is 1. The Morgan fingerprint density at radius 3 is 2.64 bits per heavy atom. The van der Waals surface area contributed by atoms with Crippen molar-refractivity contribution in [2.75, 3.05) is 13.7 Å². The molecule has 0 unspecified atom stereocenters. The first-order chi connectivity index (χ1) is 25.5. The Morgan fingerprint density at radius 1 is 1.02 bits per heavy atom.